The lowest BCUT2D eigenvalue weighted by atomic mass is 9.96. The van der Waals surface area contributed by atoms with E-state index in [2.05, 4.69) is 0 Å². The van der Waals surface area contributed by atoms with Gasteiger partial charge >= 0.3 is 5.97 Å². The van der Waals surface area contributed by atoms with Gasteiger partial charge in [0.15, 0.2) is 15.1 Å². The van der Waals surface area contributed by atoms with Crippen LogP contribution >= 0.6 is 0 Å². The Morgan fingerprint density at radius 2 is 1.88 bits per heavy atom. The van der Waals surface area contributed by atoms with Crippen LogP contribution < -0.4 is 0 Å². The zero-order valence-corrected chi connectivity index (χ0v) is 11.2. The molecule has 0 radical (unpaired) electrons. The summed E-state index contributed by atoms with van der Waals surface area (Å²) in [5.41, 5.74) is 0. The number of nitrogens with zero attached hydrogens (tertiary/aromatic N) is 1. The van der Waals surface area contributed by atoms with E-state index in [1.54, 1.807) is 39.8 Å². The number of ether oxygens (including phenoxy) is 1. The van der Waals surface area contributed by atoms with Crippen molar-refractivity contribution in [3.63, 3.8) is 0 Å². The minimum atomic E-state index is -3.43. The largest absolute Gasteiger partial charge is 0.465 e. The van der Waals surface area contributed by atoms with Crippen molar-refractivity contribution in [1.82, 2.24) is 4.90 Å². The number of rotatable bonds is 3. The van der Waals surface area contributed by atoms with Crippen molar-refractivity contribution in [3.05, 3.63) is 0 Å². The Hall–Kier alpha value is -0.620. The Morgan fingerprint density at radius 3 is 2.25 bits per heavy atom. The van der Waals surface area contributed by atoms with Gasteiger partial charge in [-0.3, -0.25) is 4.79 Å². The molecule has 1 fully saturated rings. The molecule has 0 bridgehead atoms. The summed E-state index contributed by atoms with van der Waals surface area (Å²) in [6.07, 6.45) is 0. The second-order valence-electron chi connectivity index (χ2n) is 4.73. The molecular weight excluding hydrogens is 230 g/mol. The molecule has 1 saturated heterocycles. The normalized spacial score (nSPS) is 30.9. The van der Waals surface area contributed by atoms with Crippen molar-refractivity contribution < 1.29 is 17.9 Å². The predicted octanol–water partition coefficient (Wildman–Crippen LogP) is 0.0553. The molecule has 6 heteroatoms. The molecule has 0 saturated carbocycles. The second kappa shape index (κ2) is 4.00. The molecule has 0 aromatic rings. The second-order valence-corrected chi connectivity index (χ2v) is 7.38. The fraction of sp³-hybridized carbons (Fsp3) is 0.900. The SMILES string of the molecule is CCOC(=O)[C@@H]1[C@H](N(C)C)C(C)(C)S1(=O)=O. The fourth-order valence-electron chi connectivity index (χ4n) is 2.33. The molecule has 0 spiro atoms. The van der Waals surface area contributed by atoms with E-state index in [0.717, 1.165) is 0 Å². The van der Waals surface area contributed by atoms with Crippen molar-refractivity contribution in [3.8, 4) is 0 Å². The van der Waals surface area contributed by atoms with Crippen LogP contribution in [0.2, 0.25) is 0 Å². The predicted molar refractivity (Wildman–Crippen MR) is 60.9 cm³/mol. The molecule has 1 heterocycles. The van der Waals surface area contributed by atoms with E-state index < -0.39 is 25.8 Å². The minimum absolute atomic E-state index is 0.200. The lowest BCUT2D eigenvalue weighted by Crippen LogP contribution is -2.73. The van der Waals surface area contributed by atoms with E-state index in [4.69, 9.17) is 4.74 Å². The highest BCUT2D eigenvalue weighted by atomic mass is 32.2. The summed E-state index contributed by atoms with van der Waals surface area (Å²) in [6, 6.07) is -0.323. The molecule has 5 nitrogen and oxygen atoms in total. The summed E-state index contributed by atoms with van der Waals surface area (Å²) in [5.74, 6) is -0.638. The van der Waals surface area contributed by atoms with Crippen LogP contribution in [0.25, 0.3) is 0 Å². The molecule has 0 aromatic carbocycles. The Bertz CT molecular complexity index is 386. The van der Waals surface area contributed by atoms with Gasteiger partial charge in [-0.1, -0.05) is 0 Å². The summed E-state index contributed by atoms with van der Waals surface area (Å²) in [5, 5.41) is -1.04. The van der Waals surface area contributed by atoms with Gasteiger partial charge < -0.3 is 9.64 Å². The maximum Gasteiger partial charge on any atom is 0.326 e. The van der Waals surface area contributed by atoms with E-state index in [-0.39, 0.29) is 12.6 Å². The quantitative estimate of drug-likeness (QED) is 0.662. The van der Waals surface area contributed by atoms with Crippen LogP contribution in [0.1, 0.15) is 20.8 Å². The summed E-state index contributed by atoms with van der Waals surface area (Å²) < 4.78 is 27.9. The van der Waals surface area contributed by atoms with Crippen LogP contribution in [0.15, 0.2) is 0 Å². The van der Waals surface area contributed by atoms with E-state index in [1.165, 1.54) is 0 Å². The molecule has 16 heavy (non-hydrogen) atoms. The molecule has 0 aliphatic carbocycles. The van der Waals surface area contributed by atoms with Crippen LogP contribution in [-0.2, 0) is 19.4 Å². The molecule has 2 atom stereocenters. The third-order valence-electron chi connectivity index (χ3n) is 3.14. The maximum absolute atomic E-state index is 12.0. The Kier molecular flexibility index (Phi) is 3.36. The monoisotopic (exact) mass is 249 g/mol. The van der Waals surface area contributed by atoms with Crippen LogP contribution in [0.3, 0.4) is 0 Å². The third kappa shape index (κ3) is 1.64. The lowest BCUT2D eigenvalue weighted by molar-refractivity contribution is -0.145. The number of hydrogen-bond acceptors (Lipinski definition) is 5. The van der Waals surface area contributed by atoms with Crippen molar-refractivity contribution >= 4 is 15.8 Å². The van der Waals surface area contributed by atoms with Crippen molar-refractivity contribution in [2.24, 2.45) is 0 Å². The average molecular weight is 249 g/mol. The van der Waals surface area contributed by atoms with Crippen molar-refractivity contribution in [1.29, 1.82) is 0 Å². The first-order valence-electron chi connectivity index (χ1n) is 5.24. The summed E-state index contributed by atoms with van der Waals surface area (Å²) in [6.45, 7) is 5.15. The van der Waals surface area contributed by atoms with Crippen molar-refractivity contribution in [2.75, 3.05) is 20.7 Å². The van der Waals surface area contributed by atoms with E-state index >= 15 is 0 Å². The minimum Gasteiger partial charge on any atom is -0.465 e. The number of carbonyl (C=O) groups is 1. The number of hydrogen-bond donors (Lipinski definition) is 0. The lowest BCUT2D eigenvalue weighted by Gasteiger charge is -2.51. The van der Waals surface area contributed by atoms with Gasteiger partial charge in [-0.25, -0.2) is 8.42 Å². The smallest absolute Gasteiger partial charge is 0.326 e. The van der Waals surface area contributed by atoms with E-state index in [1.807, 2.05) is 0 Å². The van der Waals surface area contributed by atoms with Gasteiger partial charge in [0.05, 0.1) is 17.4 Å². The first-order chi connectivity index (χ1) is 7.17. The molecule has 1 aliphatic heterocycles. The fourth-order valence-corrected chi connectivity index (χ4v) is 4.69. The maximum atomic E-state index is 12.0. The Labute approximate surface area is 96.7 Å². The standard InChI is InChI=1S/C10H19NO4S/c1-6-15-9(12)7-8(11(4)5)10(2,3)16(7,13)14/h7-8H,6H2,1-5H3/t7-,8-/m0/s1. The number of esters is 1. The Balaban J connectivity index is 3.05. The molecule has 94 valence electrons. The first-order valence-corrected chi connectivity index (χ1v) is 6.79. The van der Waals surface area contributed by atoms with Crippen LogP contribution in [0, 0.1) is 0 Å². The van der Waals surface area contributed by atoms with Gasteiger partial charge in [0.25, 0.3) is 0 Å². The number of carbonyl (C=O) groups excluding carboxylic acids is 1. The summed E-state index contributed by atoms with van der Waals surface area (Å²) >= 11 is 0. The summed E-state index contributed by atoms with van der Waals surface area (Å²) in [4.78, 5) is 13.4. The van der Waals surface area contributed by atoms with E-state index in [0.29, 0.717) is 0 Å². The van der Waals surface area contributed by atoms with Gasteiger partial charge in [-0.15, -0.1) is 0 Å². The van der Waals surface area contributed by atoms with Crippen LogP contribution in [-0.4, -0.2) is 56.0 Å². The highest BCUT2D eigenvalue weighted by molar-refractivity contribution is 7.95. The van der Waals surface area contributed by atoms with Gasteiger partial charge in [-0.2, -0.15) is 0 Å². The highest BCUT2D eigenvalue weighted by Crippen LogP contribution is 2.43. The molecule has 0 aromatic heterocycles. The van der Waals surface area contributed by atoms with Crippen LogP contribution in [0.4, 0.5) is 0 Å². The molecule has 0 unspecified atom stereocenters. The molecule has 1 aliphatic rings. The van der Waals surface area contributed by atoms with Gasteiger partial charge in [0.1, 0.15) is 0 Å². The molecule has 0 N–H and O–H groups in total. The van der Waals surface area contributed by atoms with Gasteiger partial charge in [-0.05, 0) is 34.9 Å². The average Bonchev–Trinajstić information content (AvgIpc) is 2.12. The van der Waals surface area contributed by atoms with Gasteiger partial charge in [0.2, 0.25) is 0 Å². The van der Waals surface area contributed by atoms with Crippen LogP contribution in [0.5, 0.6) is 0 Å². The molecule has 1 rings (SSSR count). The number of sulfone groups is 1. The third-order valence-corrected chi connectivity index (χ3v) is 5.97. The molecular formula is C10H19NO4S. The van der Waals surface area contributed by atoms with Crippen molar-refractivity contribution in [2.45, 2.75) is 36.8 Å². The Morgan fingerprint density at radius 1 is 1.38 bits per heavy atom. The summed E-state index contributed by atoms with van der Waals surface area (Å²) in [7, 11) is 0.110. The first kappa shape index (κ1) is 13.4. The molecule has 0 amide bonds. The highest BCUT2D eigenvalue weighted by Gasteiger charge is 2.66. The zero-order valence-electron chi connectivity index (χ0n) is 10.4. The van der Waals surface area contributed by atoms with Gasteiger partial charge in [0, 0.05) is 0 Å². The van der Waals surface area contributed by atoms with E-state index in [9.17, 15) is 13.2 Å². The topological polar surface area (TPSA) is 63.7 Å². The zero-order chi connectivity index (χ0) is 12.7.